The van der Waals surface area contributed by atoms with E-state index in [0.29, 0.717) is 0 Å². The number of para-hydroxylation sites is 3. The van der Waals surface area contributed by atoms with Crippen LogP contribution in [0.1, 0.15) is 66.8 Å². The summed E-state index contributed by atoms with van der Waals surface area (Å²) in [5, 5.41) is 0. The third kappa shape index (κ3) is 10.6. The highest BCUT2D eigenvalue weighted by Gasteiger charge is 2.34. The van der Waals surface area contributed by atoms with Crippen LogP contribution in [-0.4, -0.2) is 0 Å². The molecule has 4 nitrogen and oxygen atoms in total. The van der Waals surface area contributed by atoms with Gasteiger partial charge in [-0.15, -0.1) is 0 Å². The number of nitrogens with zero attached hydrogens (tertiary/aromatic N) is 4. The monoisotopic (exact) mass is 1140 g/mol. The van der Waals surface area contributed by atoms with Crippen molar-refractivity contribution in [2.45, 2.75) is 83.1 Å². The van der Waals surface area contributed by atoms with Crippen LogP contribution in [0.3, 0.4) is 0 Å². The van der Waals surface area contributed by atoms with E-state index in [2.05, 4.69) is 357 Å². The topological polar surface area (TPSA) is 13.0 Å². The van der Waals surface area contributed by atoms with Crippen molar-refractivity contribution in [2.24, 2.45) is 0 Å². The Labute approximate surface area is 522 Å². The summed E-state index contributed by atoms with van der Waals surface area (Å²) in [6.45, 7) is 28.2. The molecule has 0 aliphatic rings. The molecule has 0 bridgehead atoms. The molecule has 12 rings (SSSR count). The Balaban J connectivity index is 1.13. The van der Waals surface area contributed by atoms with Crippen molar-refractivity contribution in [1.29, 1.82) is 0 Å². The second-order valence-corrected chi connectivity index (χ2v) is 23.7. The molecule has 0 radical (unpaired) electrons. The van der Waals surface area contributed by atoms with Gasteiger partial charge in [0.25, 0.3) is 0 Å². The minimum atomic E-state index is 1.11. The molecule has 12 aromatic carbocycles. The summed E-state index contributed by atoms with van der Waals surface area (Å²) in [7, 11) is 0. The quantitative estimate of drug-likeness (QED) is 0.101. The maximum absolute atomic E-state index is 2.70. The predicted octanol–water partition coefficient (Wildman–Crippen LogP) is 24.3. The van der Waals surface area contributed by atoms with Gasteiger partial charge in [0.2, 0.25) is 0 Å². The van der Waals surface area contributed by atoms with Crippen molar-refractivity contribution < 1.29 is 0 Å². The van der Waals surface area contributed by atoms with Gasteiger partial charge in [-0.2, -0.15) is 0 Å². The summed E-state index contributed by atoms with van der Waals surface area (Å²) in [4.78, 5) is 10.2. The Morgan fingerprint density at radius 3 is 0.511 bits per heavy atom. The molecule has 4 heteroatoms. The van der Waals surface area contributed by atoms with Gasteiger partial charge in [-0.3, -0.25) is 0 Å². The Hall–Kier alpha value is -10.2. The summed E-state index contributed by atoms with van der Waals surface area (Å²) in [6, 6.07) is 92.0. The first-order valence-electron chi connectivity index (χ1n) is 30.9. The molecule has 0 heterocycles. The second kappa shape index (κ2) is 24.7. The molecular formula is C84H78N4. The van der Waals surface area contributed by atoms with E-state index in [1.807, 2.05) is 0 Å². The van der Waals surface area contributed by atoms with Crippen LogP contribution in [0.2, 0.25) is 0 Å². The average Bonchev–Trinajstić information content (AvgIpc) is 1.94. The molecule has 0 atom stereocenters. The minimum Gasteiger partial charge on any atom is -0.310 e. The van der Waals surface area contributed by atoms with Gasteiger partial charge in [-0.1, -0.05) is 182 Å². The highest BCUT2D eigenvalue weighted by atomic mass is 15.2. The van der Waals surface area contributed by atoms with Crippen LogP contribution >= 0.6 is 0 Å². The zero-order valence-electron chi connectivity index (χ0n) is 53.0. The van der Waals surface area contributed by atoms with Crippen molar-refractivity contribution in [3.8, 4) is 33.4 Å². The lowest BCUT2D eigenvalue weighted by atomic mass is 9.87. The van der Waals surface area contributed by atoms with Crippen molar-refractivity contribution in [3.05, 3.63) is 322 Å². The van der Waals surface area contributed by atoms with E-state index >= 15 is 0 Å². The second-order valence-electron chi connectivity index (χ2n) is 23.7. The number of benzene rings is 12. The first kappa shape index (κ1) is 58.2. The van der Waals surface area contributed by atoms with E-state index in [1.165, 1.54) is 134 Å². The molecule has 0 spiro atoms. The Morgan fingerprint density at radius 1 is 0.148 bits per heavy atom. The average molecular weight is 1140 g/mol. The maximum Gasteiger partial charge on any atom is 0.0527 e. The molecule has 0 unspecified atom stereocenters. The highest BCUT2D eigenvalue weighted by Crippen LogP contribution is 2.55. The van der Waals surface area contributed by atoms with Gasteiger partial charge in [0.1, 0.15) is 0 Å². The Morgan fingerprint density at radius 2 is 0.307 bits per heavy atom. The van der Waals surface area contributed by atoms with Crippen LogP contribution < -0.4 is 19.6 Å². The molecule has 88 heavy (non-hydrogen) atoms. The van der Waals surface area contributed by atoms with Crippen LogP contribution in [0.25, 0.3) is 33.4 Å². The summed E-state index contributed by atoms with van der Waals surface area (Å²) in [5.41, 5.74) is 35.6. The number of hydrogen-bond acceptors (Lipinski definition) is 4. The van der Waals surface area contributed by atoms with Crippen LogP contribution in [0.15, 0.2) is 255 Å². The van der Waals surface area contributed by atoms with Gasteiger partial charge in [0, 0.05) is 34.1 Å². The lowest BCUT2D eigenvalue weighted by molar-refractivity contribution is 1.07. The highest BCUT2D eigenvalue weighted by molar-refractivity contribution is 5.97. The van der Waals surface area contributed by atoms with Gasteiger partial charge in [-0.25, -0.2) is 0 Å². The van der Waals surface area contributed by atoms with Gasteiger partial charge in [-0.05, 0) is 256 Å². The molecule has 0 amide bonds. The van der Waals surface area contributed by atoms with Crippen molar-refractivity contribution in [3.63, 3.8) is 0 Å². The zero-order valence-corrected chi connectivity index (χ0v) is 53.0. The van der Waals surface area contributed by atoms with Crippen molar-refractivity contribution in [1.82, 2.24) is 0 Å². The first-order chi connectivity index (χ1) is 42.7. The summed E-state index contributed by atoms with van der Waals surface area (Å²) in [5.74, 6) is 0. The molecule has 0 aliphatic carbocycles. The van der Waals surface area contributed by atoms with Gasteiger partial charge < -0.3 is 19.6 Å². The van der Waals surface area contributed by atoms with Gasteiger partial charge in [0.15, 0.2) is 0 Å². The fraction of sp³-hybridized carbons (Fsp3) is 0.143. The standard InChI is InChI=1S/C84H78N4/c1-55-61(7)82(62(8)56(2)79(55)85(73-43-25-16-26-44-73)76-49-31-40-70(52-76)67-34-19-13-20-35-67)88(83-63(9)57(3)80(58(4)64(83)10)86(74-45-27-17-28-46-74)77-50-32-41-71(53-77)68-36-21-14-22-37-68)84-65(11)59(5)81(60(6)66(84)12)87(75-47-29-18-30-48-75)78-51-33-42-72(54-78)69-38-23-15-24-39-69/h13-54H,1-12H3. The Kier molecular flexibility index (Phi) is 16.3. The minimum absolute atomic E-state index is 1.11. The lowest BCUT2D eigenvalue weighted by Crippen LogP contribution is -2.24. The maximum atomic E-state index is 2.70. The lowest BCUT2D eigenvalue weighted by Gasteiger charge is -2.40. The third-order valence-corrected chi connectivity index (χ3v) is 18.7. The molecule has 12 aromatic rings. The molecule has 0 N–H and O–H groups in total. The number of rotatable bonds is 15. The summed E-state index contributed by atoms with van der Waals surface area (Å²) >= 11 is 0. The number of anilines is 12. The van der Waals surface area contributed by atoms with E-state index in [-0.39, 0.29) is 0 Å². The van der Waals surface area contributed by atoms with Crippen LogP contribution in [0.5, 0.6) is 0 Å². The van der Waals surface area contributed by atoms with Crippen molar-refractivity contribution >= 4 is 68.2 Å². The smallest absolute Gasteiger partial charge is 0.0527 e. The van der Waals surface area contributed by atoms with Crippen LogP contribution in [0.4, 0.5) is 68.2 Å². The van der Waals surface area contributed by atoms with Crippen LogP contribution in [0, 0.1) is 83.1 Å². The number of hydrogen-bond donors (Lipinski definition) is 0. The molecule has 0 saturated heterocycles. The predicted molar refractivity (Wildman–Crippen MR) is 378 cm³/mol. The van der Waals surface area contributed by atoms with E-state index in [0.717, 1.165) is 34.1 Å². The zero-order chi connectivity index (χ0) is 61.3. The van der Waals surface area contributed by atoms with E-state index in [4.69, 9.17) is 0 Å². The largest absolute Gasteiger partial charge is 0.310 e. The fourth-order valence-corrected chi connectivity index (χ4v) is 13.5. The molecule has 0 aromatic heterocycles. The van der Waals surface area contributed by atoms with E-state index in [9.17, 15) is 0 Å². The van der Waals surface area contributed by atoms with Crippen LogP contribution in [-0.2, 0) is 0 Å². The first-order valence-corrected chi connectivity index (χ1v) is 30.9. The fourth-order valence-electron chi connectivity index (χ4n) is 13.5. The van der Waals surface area contributed by atoms with E-state index in [1.54, 1.807) is 0 Å². The molecule has 0 saturated carbocycles. The molecule has 0 fully saturated rings. The van der Waals surface area contributed by atoms with Gasteiger partial charge >= 0.3 is 0 Å². The van der Waals surface area contributed by atoms with Gasteiger partial charge in [0.05, 0.1) is 34.1 Å². The summed E-state index contributed by atoms with van der Waals surface area (Å²) in [6.07, 6.45) is 0. The molecular weight excluding hydrogens is 1060 g/mol. The Bertz CT molecular complexity index is 3950. The normalized spacial score (nSPS) is 11.2. The van der Waals surface area contributed by atoms with Crippen molar-refractivity contribution in [2.75, 3.05) is 19.6 Å². The third-order valence-electron chi connectivity index (χ3n) is 18.7. The molecule has 434 valence electrons. The van der Waals surface area contributed by atoms with E-state index < -0.39 is 0 Å². The molecule has 0 aliphatic heterocycles. The SMILES string of the molecule is Cc1c(C)c(N(c2c(C)c(C)c(N(c3ccccc3)c3cccc(-c4ccccc4)c3)c(C)c2C)c2c(C)c(C)c(N(c3ccccc3)c3cccc(-c4ccccc4)c3)c(C)c2C)c(C)c(C)c1N(c1ccccc1)c1cccc(-c2ccccc2)c1. The summed E-state index contributed by atoms with van der Waals surface area (Å²) < 4.78 is 0.